The van der Waals surface area contributed by atoms with E-state index in [9.17, 15) is 0 Å². The highest BCUT2D eigenvalue weighted by molar-refractivity contribution is 5.25. The van der Waals surface area contributed by atoms with Crippen molar-refractivity contribution < 1.29 is 0 Å². The zero-order valence-electron chi connectivity index (χ0n) is 7.83. The molecule has 0 saturated heterocycles. The molecule has 0 saturated carbocycles. The first-order valence-electron chi connectivity index (χ1n) is 4.05. The van der Waals surface area contributed by atoms with Gasteiger partial charge in [0.05, 0.1) is 0 Å². The lowest BCUT2D eigenvalue weighted by molar-refractivity contribution is 0.401. The van der Waals surface area contributed by atoms with E-state index in [1.54, 1.807) is 12.3 Å². The van der Waals surface area contributed by atoms with Gasteiger partial charge >= 0.3 is 0 Å². The number of hydrogen-bond donors (Lipinski definition) is 1. The van der Waals surface area contributed by atoms with E-state index in [1.807, 2.05) is 0 Å². The molecule has 0 aliphatic carbocycles. The molecule has 3 nitrogen and oxygen atoms in total. The van der Waals surface area contributed by atoms with Gasteiger partial charge in [0.2, 0.25) is 0 Å². The maximum Gasteiger partial charge on any atom is 0.131 e. The van der Waals surface area contributed by atoms with Gasteiger partial charge in [-0.05, 0) is 11.5 Å². The molecule has 0 radical (unpaired) electrons. The lowest BCUT2D eigenvalue weighted by Gasteiger charge is -2.16. The van der Waals surface area contributed by atoms with Crippen molar-refractivity contribution in [2.75, 3.05) is 5.73 Å². The van der Waals surface area contributed by atoms with E-state index in [1.165, 1.54) is 0 Å². The van der Waals surface area contributed by atoms with E-state index >= 15 is 0 Å². The first-order valence-corrected chi connectivity index (χ1v) is 4.05. The van der Waals surface area contributed by atoms with Crippen molar-refractivity contribution in [1.82, 2.24) is 9.97 Å². The van der Waals surface area contributed by atoms with E-state index in [2.05, 4.69) is 30.7 Å². The minimum Gasteiger partial charge on any atom is -0.384 e. The molecule has 0 amide bonds. The Labute approximate surface area is 73.0 Å². The van der Waals surface area contributed by atoms with Gasteiger partial charge in [-0.15, -0.1) is 0 Å². The number of nitrogen functional groups attached to an aromatic ring is 1. The fraction of sp³-hybridized carbons (Fsp3) is 0.556. The van der Waals surface area contributed by atoms with Crippen LogP contribution in [0, 0.1) is 5.41 Å². The van der Waals surface area contributed by atoms with E-state index in [4.69, 9.17) is 5.73 Å². The van der Waals surface area contributed by atoms with Crippen LogP contribution in [-0.4, -0.2) is 9.97 Å². The Hall–Kier alpha value is -1.12. The smallest absolute Gasteiger partial charge is 0.131 e. The molecule has 0 atom stereocenters. The Morgan fingerprint density at radius 3 is 2.58 bits per heavy atom. The molecular formula is C9H15N3. The number of hydrogen-bond acceptors (Lipinski definition) is 3. The second kappa shape index (κ2) is 3.09. The quantitative estimate of drug-likeness (QED) is 0.688. The zero-order chi connectivity index (χ0) is 9.19. The molecule has 0 aliphatic rings. The Balaban J connectivity index is 2.77. The number of nitrogens with two attached hydrogens (primary N) is 1. The van der Waals surface area contributed by atoms with Gasteiger partial charge < -0.3 is 5.73 Å². The van der Waals surface area contributed by atoms with Crippen LogP contribution in [0.15, 0.2) is 12.3 Å². The monoisotopic (exact) mass is 165 g/mol. The predicted octanol–water partition coefficient (Wildman–Crippen LogP) is 1.65. The van der Waals surface area contributed by atoms with Crippen LogP contribution < -0.4 is 5.73 Å². The summed E-state index contributed by atoms with van der Waals surface area (Å²) < 4.78 is 0. The average molecular weight is 165 g/mol. The summed E-state index contributed by atoms with van der Waals surface area (Å²) in [5.74, 6) is 1.37. The molecule has 2 N–H and O–H groups in total. The van der Waals surface area contributed by atoms with Crippen LogP contribution in [-0.2, 0) is 6.42 Å². The third-order valence-corrected chi connectivity index (χ3v) is 1.42. The van der Waals surface area contributed by atoms with Gasteiger partial charge in [-0.1, -0.05) is 20.8 Å². The van der Waals surface area contributed by atoms with E-state index in [0.29, 0.717) is 5.82 Å². The highest BCUT2D eigenvalue weighted by atomic mass is 14.9. The van der Waals surface area contributed by atoms with E-state index in [0.717, 1.165) is 12.2 Å². The average Bonchev–Trinajstić information content (AvgIpc) is 1.82. The Kier molecular flexibility index (Phi) is 2.31. The molecule has 1 aromatic heterocycles. The topological polar surface area (TPSA) is 51.8 Å². The molecule has 1 rings (SSSR count). The Morgan fingerprint density at radius 1 is 1.42 bits per heavy atom. The third-order valence-electron chi connectivity index (χ3n) is 1.42. The molecular weight excluding hydrogens is 150 g/mol. The first-order chi connectivity index (χ1) is 5.47. The van der Waals surface area contributed by atoms with Crippen LogP contribution in [0.3, 0.4) is 0 Å². The molecule has 0 unspecified atom stereocenters. The van der Waals surface area contributed by atoms with E-state index in [-0.39, 0.29) is 5.41 Å². The molecule has 0 bridgehead atoms. The third kappa shape index (κ3) is 2.86. The Morgan fingerprint density at radius 2 is 2.08 bits per heavy atom. The maximum atomic E-state index is 5.53. The molecule has 1 aromatic rings. The highest BCUT2D eigenvalue weighted by Crippen LogP contribution is 2.18. The van der Waals surface area contributed by atoms with Crippen molar-refractivity contribution in [3.63, 3.8) is 0 Å². The summed E-state index contributed by atoms with van der Waals surface area (Å²) in [6.07, 6.45) is 2.56. The summed E-state index contributed by atoms with van der Waals surface area (Å²) >= 11 is 0. The summed E-state index contributed by atoms with van der Waals surface area (Å²) in [5, 5.41) is 0. The summed E-state index contributed by atoms with van der Waals surface area (Å²) in [4.78, 5) is 8.26. The number of nitrogens with zero attached hydrogens (tertiary/aromatic N) is 2. The molecule has 12 heavy (non-hydrogen) atoms. The van der Waals surface area contributed by atoms with Gasteiger partial charge in [-0.25, -0.2) is 9.97 Å². The fourth-order valence-electron chi connectivity index (χ4n) is 0.974. The normalized spacial score (nSPS) is 11.6. The van der Waals surface area contributed by atoms with Gasteiger partial charge in [0.15, 0.2) is 0 Å². The molecule has 1 heterocycles. The molecule has 0 aliphatic heterocycles. The van der Waals surface area contributed by atoms with Crippen molar-refractivity contribution in [3.05, 3.63) is 18.1 Å². The lowest BCUT2D eigenvalue weighted by atomic mass is 9.92. The number of anilines is 1. The van der Waals surface area contributed by atoms with Crippen LogP contribution in [0.2, 0.25) is 0 Å². The standard InChI is InChI=1S/C9H15N3/c1-9(2,3)6-8-11-5-4-7(10)12-8/h4-5H,6H2,1-3H3,(H2,10,11,12). The summed E-state index contributed by atoms with van der Waals surface area (Å²) in [6, 6.07) is 1.70. The minimum atomic E-state index is 0.216. The second-order valence-electron chi connectivity index (χ2n) is 4.14. The van der Waals surface area contributed by atoms with Crippen LogP contribution in [0.1, 0.15) is 26.6 Å². The largest absolute Gasteiger partial charge is 0.384 e. The minimum absolute atomic E-state index is 0.216. The SMILES string of the molecule is CC(C)(C)Cc1nccc(N)n1. The number of rotatable bonds is 1. The maximum absolute atomic E-state index is 5.53. The number of aromatic nitrogens is 2. The van der Waals surface area contributed by atoms with Gasteiger partial charge in [0.1, 0.15) is 11.6 Å². The van der Waals surface area contributed by atoms with Crippen molar-refractivity contribution in [2.24, 2.45) is 5.41 Å². The lowest BCUT2D eigenvalue weighted by Crippen LogP contribution is -2.12. The second-order valence-corrected chi connectivity index (χ2v) is 4.14. The van der Waals surface area contributed by atoms with Crippen molar-refractivity contribution in [3.8, 4) is 0 Å². The predicted molar refractivity (Wildman–Crippen MR) is 49.6 cm³/mol. The fourth-order valence-corrected chi connectivity index (χ4v) is 0.974. The van der Waals surface area contributed by atoms with Crippen LogP contribution in [0.5, 0.6) is 0 Å². The van der Waals surface area contributed by atoms with Gasteiger partial charge in [-0.2, -0.15) is 0 Å². The van der Waals surface area contributed by atoms with E-state index < -0.39 is 0 Å². The molecule has 0 spiro atoms. The van der Waals surface area contributed by atoms with Crippen molar-refractivity contribution >= 4 is 5.82 Å². The van der Waals surface area contributed by atoms with Gasteiger partial charge in [0, 0.05) is 12.6 Å². The van der Waals surface area contributed by atoms with Crippen molar-refractivity contribution in [1.29, 1.82) is 0 Å². The van der Waals surface area contributed by atoms with Crippen LogP contribution in [0.4, 0.5) is 5.82 Å². The first kappa shape index (κ1) is 8.97. The molecule has 3 heteroatoms. The zero-order valence-corrected chi connectivity index (χ0v) is 7.83. The van der Waals surface area contributed by atoms with Crippen molar-refractivity contribution in [2.45, 2.75) is 27.2 Å². The van der Waals surface area contributed by atoms with Gasteiger partial charge in [0.25, 0.3) is 0 Å². The molecule has 0 fully saturated rings. The molecule has 0 aromatic carbocycles. The van der Waals surface area contributed by atoms with Crippen LogP contribution >= 0.6 is 0 Å². The van der Waals surface area contributed by atoms with Gasteiger partial charge in [-0.3, -0.25) is 0 Å². The Bertz CT molecular complexity index is 263. The summed E-state index contributed by atoms with van der Waals surface area (Å²) in [5.41, 5.74) is 5.74. The summed E-state index contributed by atoms with van der Waals surface area (Å²) in [6.45, 7) is 6.46. The molecule has 66 valence electrons. The van der Waals surface area contributed by atoms with Crippen LogP contribution in [0.25, 0.3) is 0 Å². The summed E-state index contributed by atoms with van der Waals surface area (Å²) in [7, 11) is 0. The highest BCUT2D eigenvalue weighted by Gasteiger charge is 2.12.